The normalized spacial score (nSPS) is 11.8. The molecule has 0 bridgehead atoms. The van der Waals surface area contributed by atoms with Crippen LogP contribution in [0.3, 0.4) is 0 Å². The Bertz CT molecular complexity index is 699. The van der Waals surface area contributed by atoms with Crippen molar-refractivity contribution in [1.29, 1.82) is 0 Å². The van der Waals surface area contributed by atoms with E-state index in [1.807, 2.05) is 29.6 Å². The van der Waals surface area contributed by atoms with Crippen LogP contribution in [0.5, 0.6) is 0 Å². The molecule has 0 aliphatic carbocycles. The van der Waals surface area contributed by atoms with Gasteiger partial charge in [-0.15, -0.1) is 11.3 Å². The van der Waals surface area contributed by atoms with Gasteiger partial charge in [-0.1, -0.05) is 24.3 Å². The highest BCUT2D eigenvalue weighted by atomic mass is 32.1. The van der Waals surface area contributed by atoms with Gasteiger partial charge in [-0.2, -0.15) is 0 Å². The average Bonchev–Trinajstić information content (AvgIpc) is 3.01. The number of amides is 1. The molecule has 23 heavy (non-hydrogen) atoms. The molecule has 1 amide bonds. The van der Waals surface area contributed by atoms with Crippen molar-refractivity contribution in [3.63, 3.8) is 0 Å². The second-order valence-corrected chi connectivity index (χ2v) is 5.85. The van der Waals surface area contributed by atoms with Crippen molar-refractivity contribution in [2.45, 2.75) is 25.9 Å². The van der Waals surface area contributed by atoms with Gasteiger partial charge in [0.25, 0.3) is 0 Å². The Kier molecular flexibility index (Phi) is 5.84. The zero-order valence-corrected chi connectivity index (χ0v) is 13.9. The molecule has 0 aliphatic rings. The number of nitrogens with zero attached hydrogens (tertiary/aromatic N) is 1. The van der Waals surface area contributed by atoms with Crippen LogP contribution in [0.25, 0.3) is 10.6 Å². The number of hydrogen-bond donors (Lipinski definition) is 2. The molecule has 2 rings (SSSR count). The Morgan fingerprint density at radius 3 is 2.83 bits per heavy atom. The van der Waals surface area contributed by atoms with Gasteiger partial charge in [0.1, 0.15) is 11.0 Å². The minimum absolute atomic E-state index is 0.114. The van der Waals surface area contributed by atoms with Crippen molar-refractivity contribution >= 4 is 23.2 Å². The molecule has 122 valence electrons. The molecule has 0 fully saturated rings. The molecule has 1 heterocycles. The van der Waals surface area contributed by atoms with Crippen molar-refractivity contribution in [2.24, 2.45) is 5.73 Å². The average molecular weight is 333 g/mol. The van der Waals surface area contributed by atoms with Gasteiger partial charge >= 0.3 is 5.97 Å². The highest BCUT2D eigenvalue weighted by Gasteiger charge is 2.17. The summed E-state index contributed by atoms with van der Waals surface area (Å²) >= 11 is 1.47. The van der Waals surface area contributed by atoms with Gasteiger partial charge in [-0.25, -0.2) is 9.78 Å². The summed E-state index contributed by atoms with van der Waals surface area (Å²) < 4.78 is 4.57. The number of thiazole rings is 1. The maximum atomic E-state index is 11.9. The van der Waals surface area contributed by atoms with Gasteiger partial charge in [0.15, 0.2) is 0 Å². The van der Waals surface area contributed by atoms with E-state index in [2.05, 4.69) is 15.0 Å². The first-order valence-corrected chi connectivity index (χ1v) is 8.03. The van der Waals surface area contributed by atoms with Crippen molar-refractivity contribution < 1.29 is 14.3 Å². The summed E-state index contributed by atoms with van der Waals surface area (Å²) in [6.45, 7) is 2.01. The van der Waals surface area contributed by atoms with Gasteiger partial charge in [0.05, 0.1) is 19.2 Å². The van der Waals surface area contributed by atoms with Gasteiger partial charge < -0.3 is 15.8 Å². The van der Waals surface area contributed by atoms with Crippen LogP contribution < -0.4 is 11.1 Å². The van der Waals surface area contributed by atoms with Crippen molar-refractivity contribution in [3.05, 3.63) is 40.9 Å². The van der Waals surface area contributed by atoms with Gasteiger partial charge in [-0.3, -0.25) is 4.79 Å². The summed E-state index contributed by atoms with van der Waals surface area (Å²) in [5, 5.41) is 5.25. The van der Waals surface area contributed by atoms with Crippen LogP contribution in [0, 0.1) is 0 Å². The lowest BCUT2D eigenvalue weighted by atomic mass is 10.1. The maximum absolute atomic E-state index is 11.9. The largest absolute Gasteiger partial charge is 0.467 e. The Balaban J connectivity index is 2.05. The van der Waals surface area contributed by atoms with Crippen molar-refractivity contribution in [1.82, 2.24) is 10.3 Å². The zero-order valence-electron chi connectivity index (χ0n) is 13.0. The molecule has 0 saturated carbocycles. The van der Waals surface area contributed by atoms with Crippen molar-refractivity contribution in [2.75, 3.05) is 7.11 Å². The fourth-order valence-electron chi connectivity index (χ4n) is 2.11. The number of rotatable bonds is 6. The van der Waals surface area contributed by atoms with Crippen LogP contribution in [0.1, 0.15) is 18.2 Å². The lowest BCUT2D eigenvalue weighted by molar-refractivity contribution is -0.144. The number of ether oxygens (including phenoxy) is 1. The van der Waals surface area contributed by atoms with Crippen LogP contribution >= 0.6 is 11.3 Å². The number of esters is 1. The van der Waals surface area contributed by atoms with Crippen LogP contribution in [0.4, 0.5) is 0 Å². The third-order valence-electron chi connectivity index (χ3n) is 3.29. The van der Waals surface area contributed by atoms with Crippen LogP contribution in [-0.2, 0) is 27.3 Å². The molecule has 0 radical (unpaired) electrons. The number of carbonyl (C=O) groups is 2. The topological polar surface area (TPSA) is 94.3 Å². The minimum atomic E-state index is -0.677. The fourth-order valence-corrected chi connectivity index (χ4v) is 2.99. The standard InChI is InChI=1S/C16H19N3O3S/c1-10(16(21)22-2)18-14(20)7-12-9-23-15(19-12)13-6-4-3-5-11(13)8-17/h3-6,9-10H,7-8,17H2,1-2H3,(H,18,20). The fraction of sp³-hybridized carbons (Fsp3) is 0.312. The molecule has 0 aliphatic heterocycles. The number of nitrogens with one attached hydrogen (secondary N) is 1. The molecule has 7 heteroatoms. The van der Waals surface area contributed by atoms with Crippen LogP contribution in [0.15, 0.2) is 29.6 Å². The Morgan fingerprint density at radius 1 is 1.39 bits per heavy atom. The summed E-state index contributed by atoms with van der Waals surface area (Å²) in [7, 11) is 1.28. The second kappa shape index (κ2) is 7.85. The second-order valence-electron chi connectivity index (χ2n) is 4.99. The van der Waals surface area contributed by atoms with E-state index in [1.54, 1.807) is 6.92 Å². The van der Waals surface area contributed by atoms with Gasteiger partial charge in [0, 0.05) is 17.5 Å². The molecule has 1 atom stereocenters. The molecule has 2 aromatic rings. The summed E-state index contributed by atoms with van der Waals surface area (Å²) in [5.41, 5.74) is 8.39. The van der Waals surface area contributed by atoms with Crippen LogP contribution in [-0.4, -0.2) is 30.0 Å². The minimum Gasteiger partial charge on any atom is -0.467 e. The monoisotopic (exact) mass is 333 g/mol. The van der Waals surface area contributed by atoms with E-state index in [-0.39, 0.29) is 12.3 Å². The van der Waals surface area contributed by atoms with E-state index >= 15 is 0 Å². The molecular weight excluding hydrogens is 314 g/mol. The summed E-state index contributed by atoms with van der Waals surface area (Å²) in [5.74, 6) is -0.749. The lowest BCUT2D eigenvalue weighted by Gasteiger charge is -2.10. The molecule has 3 N–H and O–H groups in total. The van der Waals surface area contributed by atoms with E-state index in [4.69, 9.17) is 5.73 Å². The van der Waals surface area contributed by atoms with E-state index in [9.17, 15) is 9.59 Å². The third kappa shape index (κ3) is 4.37. The van der Waals surface area contributed by atoms with E-state index < -0.39 is 12.0 Å². The number of aromatic nitrogens is 1. The number of benzene rings is 1. The third-order valence-corrected chi connectivity index (χ3v) is 4.22. The predicted molar refractivity (Wildman–Crippen MR) is 88.8 cm³/mol. The van der Waals surface area contributed by atoms with E-state index in [0.29, 0.717) is 12.2 Å². The molecule has 1 unspecified atom stereocenters. The Morgan fingerprint density at radius 2 is 2.13 bits per heavy atom. The molecule has 1 aromatic heterocycles. The summed E-state index contributed by atoms with van der Waals surface area (Å²) in [6, 6.07) is 7.11. The Labute approximate surface area is 138 Å². The molecule has 0 saturated heterocycles. The molecule has 0 spiro atoms. The molecule has 1 aromatic carbocycles. The number of methoxy groups -OCH3 is 1. The Hall–Kier alpha value is -2.25. The van der Waals surface area contributed by atoms with Crippen LogP contribution in [0.2, 0.25) is 0 Å². The van der Waals surface area contributed by atoms with Gasteiger partial charge in [0.2, 0.25) is 5.91 Å². The highest BCUT2D eigenvalue weighted by Crippen LogP contribution is 2.27. The first kappa shape index (κ1) is 17.1. The smallest absolute Gasteiger partial charge is 0.328 e. The quantitative estimate of drug-likeness (QED) is 0.781. The SMILES string of the molecule is COC(=O)C(C)NC(=O)Cc1csc(-c2ccccc2CN)n1. The van der Waals surface area contributed by atoms with Crippen molar-refractivity contribution in [3.8, 4) is 10.6 Å². The predicted octanol–water partition coefficient (Wildman–Crippen LogP) is 1.49. The number of nitrogens with two attached hydrogens (primary N) is 1. The maximum Gasteiger partial charge on any atom is 0.328 e. The van der Waals surface area contributed by atoms with E-state index in [1.165, 1.54) is 18.4 Å². The lowest BCUT2D eigenvalue weighted by Crippen LogP contribution is -2.39. The zero-order chi connectivity index (χ0) is 16.8. The molecular formula is C16H19N3O3S. The number of hydrogen-bond acceptors (Lipinski definition) is 6. The molecule has 6 nitrogen and oxygen atoms in total. The summed E-state index contributed by atoms with van der Waals surface area (Å²) in [6.07, 6.45) is 0.114. The highest BCUT2D eigenvalue weighted by molar-refractivity contribution is 7.13. The first-order chi connectivity index (χ1) is 11.0. The number of carbonyl (C=O) groups excluding carboxylic acids is 2. The van der Waals surface area contributed by atoms with Gasteiger partial charge in [-0.05, 0) is 12.5 Å². The first-order valence-electron chi connectivity index (χ1n) is 7.15. The van der Waals surface area contributed by atoms with E-state index in [0.717, 1.165) is 16.1 Å². The summed E-state index contributed by atoms with van der Waals surface area (Å²) in [4.78, 5) is 27.7.